The van der Waals surface area contributed by atoms with Gasteiger partial charge in [-0.1, -0.05) is 29.0 Å². The Bertz CT molecular complexity index is 1100. The summed E-state index contributed by atoms with van der Waals surface area (Å²) in [5, 5.41) is 0. The van der Waals surface area contributed by atoms with Gasteiger partial charge in [-0.15, -0.1) is 0 Å². The summed E-state index contributed by atoms with van der Waals surface area (Å²) in [6.07, 6.45) is 0. The Morgan fingerprint density at radius 3 is 2.62 bits per heavy atom. The highest BCUT2D eigenvalue weighted by Crippen LogP contribution is 2.20. The second-order valence-corrected chi connectivity index (χ2v) is 7.43. The maximum Gasteiger partial charge on any atom is 0.338 e. The van der Waals surface area contributed by atoms with Gasteiger partial charge >= 0.3 is 5.97 Å². The minimum absolute atomic E-state index is 0.295. The average molecular weight is 413 g/mol. The van der Waals surface area contributed by atoms with Crippen molar-refractivity contribution in [1.29, 1.82) is 0 Å². The van der Waals surface area contributed by atoms with E-state index < -0.39 is 0 Å². The van der Waals surface area contributed by atoms with Crippen molar-refractivity contribution >= 4 is 33.4 Å². The molecule has 0 saturated carbocycles. The van der Waals surface area contributed by atoms with E-state index in [4.69, 9.17) is 9.47 Å². The van der Waals surface area contributed by atoms with E-state index in [2.05, 4.69) is 4.99 Å². The number of ether oxygens (including phenoxy) is 2. The molecule has 0 aliphatic heterocycles. The molecule has 0 bridgehead atoms. The number of esters is 1. The van der Waals surface area contributed by atoms with Crippen LogP contribution in [0.25, 0.3) is 10.2 Å². The van der Waals surface area contributed by atoms with Crippen molar-refractivity contribution in [2.24, 2.45) is 4.99 Å². The second kappa shape index (κ2) is 9.62. The highest BCUT2D eigenvalue weighted by atomic mass is 32.1. The zero-order chi connectivity index (χ0) is 20.8. The number of fused-ring (bicyclic) bond motifs is 1. The predicted molar refractivity (Wildman–Crippen MR) is 113 cm³/mol. The lowest BCUT2D eigenvalue weighted by molar-refractivity contribution is 0.0526. The van der Waals surface area contributed by atoms with E-state index in [1.165, 1.54) is 11.3 Å². The Balaban J connectivity index is 2.06. The van der Waals surface area contributed by atoms with Gasteiger partial charge in [0.2, 0.25) is 0 Å². The quantitative estimate of drug-likeness (QED) is 0.435. The number of thiazole rings is 1. The van der Waals surface area contributed by atoms with Crippen LogP contribution in [0, 0.1) is 6.92 Å². The van der Waals surface area contributed by atoms with Crippen LogP contribution in [-0.4, -0.2) is 36.3 Å². The number of rotatable bonds is 7. The van der Waals surface area contributed by atoms with E-state index in [1.54, 1.807) is 25.1 Å². The van der Waals surface area contributed by atoms with Gasteiger partial charge in [0.05, 0.1) is 29.0 Å². The summed E-state index contributed by atoms with van der Waals surface area (Å²) in [4.78, 5) is 29.7. The van der Waals surface area contributed by atoms with E-state index in [0.717, 1.165) is 15.8 Å². The number of nitrogens with zero attached hydrogens (tertiary/aromatic N) is 2. The van der Waals surface area contributed by atoms with Gasteiger partial charge in [-0.25, -0.2) is 4.79 Å². The van der Waals surface area contributed by atoms with Crippen molar-refractivity contribution in [3.05, 3.63) is 64.0 Å². The summed E-state index contributed by atoms with van der Waals surface area (Å²) in [6.45, 7) is 7.66. The Hall–Kier alpha value is -2.77. The standard InChI is InChI=1S/C22H24N2O4S/c1-4-27-12-11-24-18-10-9-17(21(26)28-5-2)14-19(18)29-22(24)23-20(25)16-8-6-7-15(3)13-16/h6-10,13-14H,4-5,11-12H2,1-3H3. The van der Waals surface area contributed by atoms with E-state index in [-0.39, 0.29) is 11.9 Å². The average Bonchev–Trinajstić information content (AvgIpc) is 3.04. The molecule has 7 heteroatoms. The zero-order valence-electron chi connectivity index (χ0n) is 16.8. The number of hydrogen-bond acceptors (Lipinski definition) is 5. The van der Waals surface area contributed by atoms with Crippen LogP contribution in [0.4, 0.5) is 0 Å². The molecule has 1 heterocycles. The number of aryl methyl sites for hydroxylation is 1. The van der Waals surface area contributed by atoms with Gasteiger partial charge in [-0.2, -0.15) is 4.99 Å². The van der Waals surface area contributed by atoms with Crippen molar-refractivity contribution in [2.45, 2.75) is 27.3 Å². The highest BCUT2D eigenvalue weighted by molar-refractivity contribution is 7.16. The Morgan fingerprint density at radius 1 is 1.07 bits per heavy atom. The fourth-order valence-corrected chi connectivity index (χ4v) is 4.04. The first-order chi connectivity index (χ1) is 14.0. The molecular formula is C22H24N2O4S. The topological polar surface area (TPSA) is 69.9 Å². The van der Waals surface area contributed by atoms with Crippen LogP contribution in [0.2, 0.25) is 0 Å². The highest BCUT2D eigenvalue weighted by Gasteiger charge is 2.13. The molecule has 29 heavy (non-hydrogen) atoms. The fourth-order valence-electron chi connectivity index (χ4n) is 2.95. The molecule has 1 amide bonds. The molecule has 0 aliphatic carbocycles. The molecule has 0 fully saturated rings. The van der Waals surface area contributed by atoms with Gasteiger partial charge < -0.3 is 14.0 Å². The summed E-state index contributed by atoms with van der Waals surface area (Å²) in [6, 6.07) is 12.7. The first-order valence-corrected chi connectivity index (χ1v) is 10.4. The maximum atomic E-state index is 12.7. The lowest BCUT2D eigenvalue weighted by Gasteiger charge is -2.06. The number of benzene rings is 2. The van der Waals surface area contributed by atoms with Crippen LogP contribution in [0.5, 0.6) is 0 Å². The summed E-state index contributed by atoms with van der Waals surface area (Å²) < 4.78 is 13.4. The molecule has 0 spiro atoms. The van der Waals surface area contributed by atoms with Gasteiger partial charge in [0.1, 0.15) is 0 Å². The summed E-state index contributed by atoms with van der Waals surface area (Å²) >= 11 is 1.37. The van der Waals surface area contributed by atoms with Crippen molar-refractivity contribution < 1.29 is 19.1 Å². The third-order valence-electron chi connectivity index (χ3n) is 4.32. The Kier molecular flexibility index (Phi) is 6.95. The lowest BCUT2D eigenvalue weighted by Crippen LogP contribution is -2.19. The number of carbonyl (C=O) groups is 2. The number of aromatic nitrogens is 1. The summed E-state index contributed by atoms with van der Waals surface area (Å²) in [7, 11) is 0. The molecule has 0 N–H and O–H groups in total. The van der Waals surface area contributed by atoms with E-state index in [1.807, 2.05) is 42.7 Å². The lowest BCUT2D eigenvalue weighted by atomic mass is 10.1. The molecular weight excluding hydrogens is 388 g/mol. The minimum atomic E-state index is -0.363. The van der Waals surface area contributed by atoms with E-state index in [9.17, 15) is 9.59 Å². The minimum Gasteiger partial charge on any atom is -0.462 e. The van der Waals surface area contributed by atoms with Gasteiger partial charge in [-0.05, 0) is 51.1 Å². The molecule has 0 saturated heterocycles. The Labute approximate surface area is 173 Å². The van der Waals surface area contributed by atoms with Crippen LogP contribution < -0.4 is 4.80 Å². The van der Waals surface area contributed by atoms with E-state index in [0.29, 0.717) is 42.3 Å². The van der Waals surface area contributed by atoms with Crippen LogP contribution in [0.1, 0.15) is 40.1 Å². The monoisotopic (exact) mass is 412 g/mol. The molecule has 2 aromatic carbocycles. The summed E-state index contributed by atoms with van der Waals surface area (Å²) in [5.41, 5.74) is 2.93. The van der Waals surface area contributed by atoms with Crippen molar-refractivity contribution in [2.75, 3.05) is 19.8 Å². The SMILES string of the molecule is CCOCCn1c(=NC(=O)c2cccc(C)c2)sc2cc(C(=O)OCC)ccc21. The normalized spacial score (nSPS) is 11.8. The third kappa shape index (κ3) is 4.99. The molecule has 6 nitrogen and oxygen atoms in total. The van der Waals surface area contributed by atoms with Gasteiger partial charge in [0.25, 0.3) is 5.91 Å². The molecule has 0 unspecified atom stereocenters. The number of carbonyl (C=O) groups excluding carboxylic acids is 2. The summed E-state index contributed by atoms with van der Waals surface area (Å²) in [5.74, 6) is -0.658. The molecule has 0 radical (unpaired) electrons. The molecule has 1 aromatic heterocycles. The molecule has 0 atom stereocenters. The first-order valence-electron chi connectivity index (χ1n) is 9.57. The molecule has 0 aliphatic rings. The predicted octanol–water partition coefficient (Wildman–Crippen LogP) is 3.97. The van der Waals surface area contributed by atoms with Crippen molar-refractivity contribution in [1.82, 2.24) is 4.57 Å². The van der Waals surface area contributed by atoms with Crippen LogP contribution >= 0.6 is 11.3 Å². The molecule has 3 rings (SSSR count). The maximum absolute atomic E-state index is 12.7. The van der Waals surface area contributed by atoms with Crippen LogP contribution in [0.15, 0.2) is 47.5 Å². The largest absolute Gasteiger partial charge is 0.462 e. The molecule has 152 valence electrons. The number of amides is 1. The first kappa shape index (κ1) is 21.0. The van der Waals surface area contributed by atoms with Crippen molar-refractivity contribution in [3.8, 4) is 0 Å². The zero-order valence-corrected chi connectivity index (χ0v) is 17.6. The van der Waals surface area contributed by atoms with Crippen LogP contribution in [0.3, 0.4) is 0 Å². The van der Waals surface area contributed by atoms with Crippen LogP contribution in [-0.2, 0) is 16.0 Å². The smallest absolute Gasteiger partial charge is 0.338 e. The van der Waals surface area contributed by atoms with Crippen molar-refractivity contribution in [3.63, 3.8) is 0 Å². The Morgan fingerprint density at radius 2 is 1.90 bits per heavy atom. The third-order valence-corrected chi connectivity index (χ3v) is 5.36. The second-order valence-electron chi connectivity index (χ2n) is 6.42. The number of hydrogen-bond donors (Lipinski definition) is 0. The van der Waals surface area contributed by atoms with Gasteiger partial charge in [-0.3, -0.25) is 4.79 Å². The van der Waals surface area contributed by atoms with Gasteiger partial charge in [0, 0.05) is 18.7 Å². The van der Waals surface area contributed by atoms with Gasteiger partial charge in [0.15, 0.2) is 4.80 Å². The fraction of sp³-hybridized carbons (Fsp3) is 0.318. The molecule has 3 aromatic rings. The van der Waals surface area contributed by atoms with E-state index >= 15 is 0 Å².